The molecule has 1 rings (SSSR count). The van der Waals surface area contributed by atoms with Crippen LogP contribution in [0.25, 0.3) is 0 Å². The second-order valence-corrected chi connectivity index (χ2v) is 3.15. The normalized spacial score (nSPS) is 9.79. The Morgan fingerprint density at radius 1 is 1.29 bits per heavy atom. The first kappa shape index (κ1) is 10.7. The molecular formula is C11H16N2O. The van der Waals surface area contributed by atoms with Crippen molar-refractivity contribution in [1.29, 1.82) is 0 Å². The SMILES string of the molecule is NCCCC(=O)NCc1ccccc1. The van der Waals surface area contributed by atoms with Crippen molar-refractivity contribution in [2.45, 2.75) is 19.4 Å². The largest absolute Gasteiger partial charge is 0.352 e. The van der Waals surface area contributed by atoms with E-state index in [-0.39, 0.29) is 5.91 Å². The standard InChI is InChI=1S/C11H16N2O/c12-8-4-7-11(14)13-9-10-5-2-1-3-6-10/h1-3,5-6H,4,7-9,12H2,(H,13,14). The fraction of sp³-hybridized carbons (Fsp3) is 0.364. The molecule has 0 spiro atoms. The van der Waals surface area contributed by atoms with E-state index >= 15 is 0 Å². The van der Waals surface area contributed by atoms with Crippen molar-refractivity contribution < 1.29 is 4.79 Å². The molecule has 1 aromatic carbocycles. The number of amides is 1. The second kappa shape index (κ2) is 6.16. The highest BCUT2D eigenvalue weighted by molar-refractivity contribution is 5.75. The van der Waals surface area contributed by atoms with Gasteiger partial charge in [-0.25, -0.2) is 0 Å². The highest BCUT2D eigenvalue weighted by Gasteiger charge is 1.99. The van der Waals surface area contributed by atoms with Crippen LogP contribution in [0, 0.1) is 0 Å². The number of carbonyl (C=O) groups is 1. The molecule has 0 aromatic heterocycles. The fourth-order valence-corrected chi connectivity index (χ4v) is 1.15. The summed E-state index contributed by atoms with van der Waals surface area (Å²) in [6.07, 6.45) is 1.27. The van der Waals surface area contributed by atoms with Gasteiger partial charge in [-0.2, -0.15) is 0 Å². The molecule has 1 amide bonds. The molecule has 3 nitrogen and oxygen atoms in total. The van der Waals surface area contributed by atoms with E-state index in [4.69, 9.17) is 5.73 Å². The Bertz CT molecular complexity index is 272. The van der Waals surface area contributed by atoms with Crippen molar-refractivity contribution in [2.24, 2.45) is 5.73 Å². The smallest absolute Gasteiger partial charge is 0.220 e. The predicted molar refractivity (Wildman–Crippen MR) is 56.6 cm³/mol. The van der Waals surface area contributed by atoms with Crippen molar-refractivity contribution in [1.82, 2.24) is 5.32 Å². The predicted octanol–water partition coefficient (Wildman–Crippen LogP) is 1.04. The molecule has 1 aromatic rings. The van der Waals surface area contributed by atoms with E-state index in [1.54, 1.807) is 0 Å². The van der Waals surface area contributed by atoms with Gasteiger partial charge >= 0.3 is 0 Å². The minimum absolute atomic E-state index is 0.0688. The molecule has 0 aliphatic carbocycles. The Morgan fingerprint density at radius 3 is 2.64 bits per heavy atom. The van der Waals surface area contributed by atoms with Gasteiger partial charge in [-0.15, -0.1) is 0 Å². The van der Waals surface area contributed by atoms with Crippen molar-refractivity contribution >= 4 is 5.91 Å². The number of hydrogen-bond acceptors (Lipinski definition) is 2. The number of nitrogens with two attached hydrogens (primary N) is 1. The van der Waals surface area contributed by atoms with Crippen molar-refractivity contribution in [2.75, 3.05) is 6.54 Å². The molecule has 3 heteroatoms. The van der Waals surface area contributed by atoms with Gasteiger partial charge in [0.1, 0.15) is 0 Å². The van der Waals surface area contributed by atoms with Crippen LogP contribution in [0.4, 0.5) is 0 Å². The van der Waals surface area contributed by atoms with Crippen LogP contribution in [-0.2, 0) is 11.3 Å². The lowest BCUT2D eigenvalue weighted by atomic mass is 10.2. The van der Waals surface area contributed by atoms with Gasteiger partial charge in [0.15, 0.2) is 0 Å². The molecule has 76 valence electrons. The number of carbonyl (C=O) groups excluding carboxylic acids is 1. The van der Waals surface area contributed by atoms with E-state index < -0.39 is 0 Å². The van der Waals surface area contributed by atoms with Gasteiger partial charge in [-0.05, 0) is 18.5 Å². The zero-order valence-corrected chi connectivity index (χ0v) is 8.20. The second-order valence-electron chi connectivity index (χ2n) is 3.15. The molecule has 3 N–H and O–H groups in total. The molecule has 0 bridgehead atoms. The molecule has 14 heavy (non-hydrogen) atoms. The van der Waals surface area contributed by atoms with Gasteiger partial charge in [-0.1, -0.05) is 30.3 Å². The van der Waals surface area contributed by atoms with E-state index in [1.807, 2.05) is 30.3 Å². The molecule has 0 fully saturated rings. The fourth-order valence-electron chi connectivity index (χ4n) is 1.15. The summed E-state index contributed by atoms with van der Waals surface area (Å²) in [5, 5.41) is 2.84. The zero-order chi connectivity index (χ0) is 10.2. The Labute approximate surface area is 84.3 Å². The summed E-state index contributed by atoms with van der Waals surface area (Å²) in [6, 6.07) is 9.86. The third-order valence-electron chi connectivity index (χ3n) is 1.94. The lowest BCUT2D eigenvalue weighted by Crippen LogP contribution is -2.23. The van der Waals surface area contributed by atoms with Crippen molar-refractivity contribution in [3.63, 3.8) is 0 Å². The first-order valence-electron chi connectivity index (χ1n) is 4.83. The quantitative estimate of drug-likeness (QED) is 0.732. The van der Waals surface area contributed by atoms with Crippen LogP contribution < -0.4 is 11.1 Å². The topological polar surface area (TPSA) is 55.1 Å². The maximum absolute atomic E-state index is 11.2. The number of hydrogen-bond donors (Lipinski definition) is 2. The van der Waals surface area contributed by atoms with Crippen LogP contribution in [-0.4, -0.2) is 12.5 Å². The third kappa shape index (κ3) is 4.05. The zero-order valence-electron chi connectivity index (χ0n) is 8.20. The molecule has 0 radical (unpaired) electrons. The van der Waals surface area contributed by atoms with E-state index in [9.17, 15) is 4.79 Å². The average Bonchev–Trinajstić information content (AvgIpc) is 2.25. The maximum atomic E-state index is 11.2. The van der Waals surface area contributed by atoms with Crippen LogP contribution in [0.15, 0.2) is 30.3 Å². The van der Waals surface area contributed by atoms with E-state index in [0.717, 1.165) is 12.0 Å². The van der Waals surface area contributed by atoms with Crippen molar-refractivity contribution in [3.05, 3.63) is 35.9 Å². The van der Waals surface area contributed by atoms with Gasteiger partial charge in [0.2, 0.25) is 5.91 Å². The Balaban J connectivity index is 2.24. The minimum atomic E-state index is 0.0688. The van der Waals surface area contributed by atoms with Gasteiger partial charge < -0.3 is 11.1 Å². The molecule has 0 atom stereocenters. The van der Waals surface area contributed by atoms with Crippen LogP contribution >= 0.6 is 0 Å². The van der Waals surface area contributed by atoms with Gasteiger partial charge in [-0.3, -0.25) is 4.79 Å². The van der Waals surface area contributed by atoms with E-state index in [1.165, 1.54) is 0 Å². The number of nitrogens with one attached hydrogen (secondary N) is 1. The van der Waals surface area contributed by atoms with E-state index in [2.05, 4.69) is 5.32 Å². The van der Waals surface area contributed by atoms with Gasteiger partial charge in [0, 0.05) is 13.0 Å². The Hall–Kier alpha value is -1.35. The summed E-state index contributed by atoms with van der Waals surface area (Å²) >= 11 is 0. The van der Waals surface area contributed by atoms with Gasteiger partial charge in [0.05, 0.1) is 0 Å². The Kier molecular flexibility index (Phi) is 4.72. The van der Waals surface area contributed by atoms with Crippen LogP contribution in [0.5, 0.6) is 0 Å². The highest BCUT2D eigenvalue weighted by Crippen LogP contribution is 1.97. The first-order valence-corrected chi connectivity index (χ1v) is 4.83. The average molecular weight is 192 g/mol. The molecule has 0 aliphatic rings. The van der Waals surface area contributed by atoms with Crippen LogP contribution in [0.1, 0.15) is 18.4 Å². The summed E-state index contributed by atoms with van der Waals surface area (Å²) in [4.78, 5) is 11.2. The third-order valence-corrected chi connectivity index (χ3v) is 1.94. The van der Waals surface area contributed by atoms with Crippen molar-refractivity contribution in [3.8, 4) is 0 Å². The molecular weight excluding hydrogens is 176 g/mol. The van der Waals surface area contributed by atoms with E-state index in [0.29, 0.717) is 19.5 Å². The number of rotatable bonds is 5. The summed E-state index contributed by atoms with van der Waals surface area (Å²) in [5.74, 6) is 0.0688. The molecule has 0 saturated carbocycles. The monoisotopic (exact) mass is 192 g/mol. The summed E-state index contributed by atoms with van der Waals surface area (Å²) in [7, 11) is 0. The lowest BCUT2D eigenvalue weighted by Gasteiger charge is -2.04. The molecule has 0 heterocycles. The minimum Gasteiger partial charge on any atom is -0.352 e. The van der Waals surface area contributed by atoms with Crippen LogP contribution in [0.3, 0.4) is 0 Å². The Morgan fingerprint density at radius 2 is 2.00 bits per heavy atom. The summed E-state index contributed by atoms with van der Waals surface area (Å²) < 4.78 is 0. The van der Waals surface area contributed by atoms with Crippen LogP contribution in [0.2, 0.25) is 0 Å². The summed E-state index contributed by atoms with van der Waals surface area (Å²) in [5.41, 5.74) is 6.42. The van der Waals surface area contributed by atoms with Gasteiger partial charge in [0.25, 0.3) is 0 Å². The highest BCUT2D eigenvalue weighted by atomic mass is 16.1. The molecule has 0 saturated heterocycles. The number of benzene rings is 1. The summed E-state index contributed by atoms with van der Waals surface area (Å²) in [6.45, 7) is 1.17. The first-order chi connectivity index (χ1) is 6.83. The lowest BCUT2D eigenvalue weighted by molar-refractivity contribution is -0.121. The maximum Gasteiger partial charge on any atom is 0.220 e. The molecule has 0 unspecified atom stereocenters. The molecule has 0 aliphatic heterocycles.